The van der Waals surface area contributed by atoms with Gasteiger partial charge in [0.15, 0.2) is 18.9 Å². The van der Waals surface area contributed by atoms with E-state index in [1.807, 2.05) is 0 Å². The van der Waals surface area contributed by atoms with Crippen molar-refractivity contribution in [3.05, 3.63) is 0 Å². The summed E-state index contributed by atoms with van der Waals surface area (Å²) in [4.78, 5) is 113. The Morgan fingerprint density at radius 3 is 1.06 bits per heavy atom. The lowest BCUT2D eigenvalue weighted by Crippen LogP contribution is -2.64. The zero-order chi connectivity index (χ0) is 80.1. The number of hydrogen-bond acceptors (Lipinski definition) is 29. The molecule has 4 aliphatic heterocycles. The zero-order valence-electron chi connectivity index (χ0n) is 63.7. The summed E-state index contributed by atoms with van der Waals surface area (Å²) in [5.41, 5.74) is 0. The van der Waals surface area contributed by atoms with Gasteiger partial charge in [0.2, 0.25) is 47.3 Å². The molecule has 4 aliphatic rings. The van der Waals surface area contributed by atoms with E-state index < -0.39 is 154 Å². The maximum Gasteiger partial charge on any atom is 0.324 e. The van der Waals surface area contributed by atoms with Crippen LogP contribution in [0.25, 0.3) is 0 Å². The van der Waals surface area contributed by atoms with Gasteiger partial charge < -0.3 is 145 Å². The molecule has 0 bridgehead atoms. The third-order valence-electron chi connectivity index (χ3n) is 18.9. The van der Waals surface area contributed by atoms with Gasteiger partial charge in [-0.3, -0.25) is 38.4 Å². The van der Waals surface area contributed by atoms with Crippen LogP contribution in [0.15, 0.2) is 0 Å². The second-order valence-electron chi connectivity index (χ2n) is 27.9. The first-order valence-electron chi connectivity index (χ1n) is 38.4. The minimum absolute atomic E-state index is 0.00960. The fourth-order valence-corrected chi connectivity index (χ4v) is 13.6. The second kappa shape index (κ2) is 55.1. The quantitative estimate of drug-likeness (QED) is 0.0217. The van der Waals surface area contributed by atoms with Gasteiger partial charge in [-0.15, -0.1) is 0 Å². The summed E-state index contributed by atoms with van der Waals surface area (Å²) >= 11 is 4.85. The van der Waals surface area contributed by atoms with Gasteiger partial charge in [0.25, 0.3) is 0 Å². The first-order valence-corrected chi connectivity index (χ1v) is 41.0. The smallest absolute Gasteiger partial charge is 0.324 e. The fraction of sp³-hybridized carbons (Fsp3) is 0.886. The lowest BCUT2D eigenvalue weighted by molar-refractivity contribution is -0.270. The summed E-state index contributed by atoms with van der Waals surface area (Å²) in [7, 11) is 1.29. The molecule has 37 nitrogen and oxygen atoms in total. The lowest BCUT2D eigenvalue weighted by Gasteiger charge is -2.43. The van der Waals surface area contributed by atoms with Gasteiger partial charge in [-0.1, -0.05) is 51.4 Å². The molecule has 8 amide bonds. The summed E-state index contributed by atoms with van der Waals surface area (Å²) < 4.78 is 63.2. The molecule has 16 unspecified atom stereocenters. The fourth-order valence-electron chi connectivity index (χ4n) is 12.9. The second-order valence-corrected chi connectivity index (χ2v) is 30.8. The van der Waals surface area contributed by atoms with Crippen LogP contribution in [0.4, 0.5) is 0 Å². The molecule has 0 spiro atoms. The molecule has 4 rings (SSSR count). The van der Waals surface area contributed by atoms with Crippen molar-refractivity contribution in [1.82, 2.24) is 42.1 Å². The number of aliphatic hydroxyl groups is 9. The van der Waals surface area contributed by atoms with E-state index in [2.05, 4.69) is 37.2 Å². The van der Waals surface area contributed by atoms with Crippen molar-refractivity contribution in [2.45, 2.75) is 260 Å². The molecule has 39 heteroatoms. The Hall–Kier alpha value is -4.43. The summed E-state index contributed by atoms with van der Waals surface area (Å²) in [5, 5.41) is 111. The summed E-state index contributed by atoms with van der Waals surface area (Å²) in [6.45, 7) is 1.63. The van der Waals surface area contributed by atoms with E-state index in [0.717, 1.165) is 25.7 Å². The van der Waals surface area contributed by atoms with Gasteiger partial charge in [-0.25, -0.2) is 0 Å². The van der Waals surface area contributed by atoms with Crippen LogP contribution < -0.4 is 37.2 Å². The maximum atomic E-state index is 14.2. The zero-order valence-corrected chi connectivity index (χ0v) is 65.4. The van der Waals surface area contributed by atoms with E-state index in [1.54, 1.807) is 4.90 Å². The molecular weight excluding hydrogens is 1480 g/mol. The van der Waals surface area contributed by atoms with E-state index >= 15 is 0 Å². The topological polar surface area (TPSA) is 528 Å². The number of nitrogens with one attached hydrogen (secondary N) is 7. The molecule has 4 saturated heterocycles. The molecule has 18 atom stereocenters. The van der Waals surface area contributed by atoms with Crippen molar-refractivity contribution in [3.63, 3.8) is 0 Å². The van der Waals surface area contributed by atoms with Crippen molar-refractivity contribution < 1.29 is 141 Å². The van der Waals surface area contributed by atoms with Gasteiger partial charge in [0.05, 0.1) is 65.6 Å². The Balaban J connectivity index is 1.33. The highest BCUT2D eigenvalue weighted by molar-refractivity contribution is 8.07. The van der Waals surface area contributed by atoms with Crippen LogP contribution in [0.1, 0.15) is 162 Å². The molecule has 0 saturated carbocycles. The van der Waals surface area contributed by atoms with Crippen LogP contribution in [0, 0.1) is 11.8 Å². The van der Waals surface area contributed by atoms with Crippen molar-refractivity contribution >= 4 is 65.8 Å². The third kappa shape index (κ3) is 38.1. The first-order chi connectivity index (χ1) is 52.2. The predicted molar refractivity (Wildman–Crippen MR) is 392 cm³/mol. The largest absolute Gasteiger partial charge is 0.394 e. The van der Waals surface area contributed by atoms with E-state index in [1.165, 1.54) is 27.9 Å². The number of carbonyl (C=O) groups is 8. The Bertz CT molecular complexity index is 2580. The first kappa shape index (κ1) is 96.9. The van der Waals surface area contributed by atoms with Crippen LogP contribution in [-0.2, 0) is 102 Å². The SMILES string of the molecule is COP(O)(=S)OCCCCCCNC(=O)CCCC(=O)N1C[C@H](COCCC(=O)NCCCCCCOC2OC(CO)C(O)C(O)C2NC(C)=O)C(OCCC(=O)NCCCCCCOC2OC(CO)C(O)C(O)C2NC(C)=O)[C@@H](COCCC(=O)NCCCCCCOC2OC(CO)C(O)C(O)C2NC(C)=O)C1. The number of rotatable bonds is 57. The van der Waals surface area contributed by atoms with Crippen molar-refractivity contribution in [2.24, 2.45) is 11.8 Å². The molecule has 0 aliphatic carbocycles. The minimum Gasteiger partial charge on any atom is -0.394 e. The molecular formula is C70H127N8O29PS. The Kier molecular flexibility index (Phi) is 49.0. The van der Waals surface area contributed by atoms with Gasteiger partial charge in [-0.2, -0.15) is 0 Å². The molecule has 0 aromatic rings. The van der Waals surface area contributed by atoms with E-state index in [4.69, 9.17) is 63.5 Å². The number of carbonyl (C=O) groups excluding carboxylic acids is 8. The highest BCUT2D eigenvalue weighted by Crippen LogP contribution is 2.42. The standard InChI is InChI=1S/C70H127N8O29PS/c1-45(82)75-58-64(93)61(90)50(40-79)105-68(58)101-31-17-9-5-13-28-72-54(86)24-35-98-43-48-38-78(57(89)23-21-22-53(85)71-27-16-8-12-20-34-104-108(96,109)97-4)39-49(44-99-36-25-55(87)73-29-14-6-10-18-32-102-69-59(76-46(2)83)65(94)62(91)51(41-80)106-69)67(48)100-37-26-56(88)74-30-15-7-11-19-33-103-70-60(77-47(3)84)66(95)63(92)52(42-81)107-70/h48-52,58-70,79-81,90-95H,5-44H2,1-4H3,(H,71,85)(H,72,86)(H,73,87)(H,74,88)(H,75,82)(H,76,83)(H,77,84)(H,96,109)/t48-,49-,50?,51?,52?,58?,59?,60?,61?,62?,63?,64?,65?,66?,67?,68?,69?,70?,108?/m1/s1. The number of ether oxygens (including phenoxy) is 9. The predicted octanol–water partition coefficient (Wildman–Crippen LogP) is -2.71. The number of aliphatic hydroxyl groups excluding tert-OH is 9. The number of nitrogens with zero attached hydrogens (tertiary/aromatic N) is 1. The van der Waals surface area contributed by atoms with E-state index in [0.29, 0.717) is 103 Å². The molecule has 0 aromatic heterocycles. The van der Waals surface area contributed by atoms with Crippen LogP contribution >= 0.6 is 6.72 Å². The third-order valence-corrected chi connectivity index (χ3v) is 20.6. The Labute approximate surface area is 643 Å². The monoisotopic (exact) mass is 1610 g/mol. The van der Waals surface area contributed by atoms with Crippen LogP contribution in [0.2, 0.25) is 0 Å². The van der Waals surface area contributed by atoms with Crippen LogP contribution in [-0.4, -0.2) is 327 Å². The molecule has 0 aromatic carbocycles. The van der Waals surface area contributed by atoms with Crippen molar-refractivity contribution in [2.75, 3.05) is 126 Å². The number of piperidine rings is 1. The normalized spacial score (nSPS) is 27.6. The van der Waals surface area contributed by atoms with Crippen molar-refractivity contribution in [3.8, 4) is 0 Å². The van der Waals surface area contributed by atoms with Gasteiger partial charge in [0.1, 0.15) is 73.1 Å². The average Bonchev–Trinajstić information content (AvgIpc) is 0.831. The molecule has 0 radical (unpaired) electrons. The summed E-state index contributed by atoms with van der Waals surface area (Å²) in [6, 6.07) is -3.16. The Morgan fingerprint density at radius 1 is 0.413 bits per heavy atom. The minimum atomic E-state index is -3.22. The van der Waals surface area contributed by atoms with Gasteiger partial charge >= 0.3 is 6.72 Å². The van der Waals surface area contributed by atoms with Crippen molar-refractivity contribution in [1.29, 1.82) is 0 Å². The highest BCUT2D eigenvalue weighted by atomic mass is 32.5. The van der Waals surface area contributed by atoms with Crippen LogP contribution in [0.5, 0.6) is 0 Å². The number of unbranched alkanes of at least 4 members (excludes halogenated alkanes) is 12. The molecule has 4 fully saturated rings. The van der Waals surface area contributed by atoms with Gasteiger partial charge in [-0.05, 0) is 69.6 Å². The average molecular weight is 1610 g/mol. The lowest BCUT2D eigenvalue weighted by atomic mass is 9.86. The molecule has 17 N–H and O–H groups in total. The molecule has 109 heavy (non-hydrogen) atoms. The highest BCUT2D eigenvalue weighted by Gasteiger charge is 2.48. The summed E-state index contributed by atoms with van der Waals surface area (Å²) in [6.07, 6.45) is -4.63. The summed E-state index contributed by atoms with van der Waals surface area (Å²) in [5.74, 6) is -3.61. The Morgan fingerprint density at radius 2 is 0.734 bits per heavy atom. The number of amides is 8. The molecule has 632 valence electrons. The van der Waals surface area contributed by atoms with Crippen LogP contribution in [0.3, 0.4) is 0 Å². The number of hydrogen-bond donors (Lipinski definition) is 17. The van der Waals surface area contributed by atoms with Gasteiger partial charge in [0, 0.05) is 131 Å². The molecule has 4 heterocycles. The number of likely N-dealkylation sites (tertiary alicyclic amines) is 1. The maximum absolute atomic E-state index is 14.2. The van der Waals surface area contributed by atoms with E-state index in [9.17, 15) is 89.2 Å². The van der Waals surface area contributed by atoms with E-state index in [-0.39, 0.29) is 141 Å².